The Bertz CT molecular complexity index is 3740. The summed E-state index contributed by atoms with van der Waals surface area (Å²) in [6, 6.07) is 7.42. The minimum Gasteiger partial charge on any atom is -0.458 e. The lowest BCUT2D eigenvalue weighted by molar-refractivity contribution is -0.172. The van der Waals surface area contributed by atoms with Gasteiger partial charge in [0.2, 0.25) is 53.6 Å². The van der Waals surface area contributed by atoms with Crippen molar-refractivity contribution in [3.05, 3.63) is 105 Å². The molecule has 0 spiro atoms. The minimum absolute atomic E-state index is 0.0122. The number of esters is 1. The van der Waals surface area contributed by atoms with E-state index in [9.17, 15) is 55.5 Å². The van der Waals surface area contributed by atoms with Crippen molar-refractivity contribution < 1.29 is 55.4 Å². The first-order valence-electron chi connectivity index (χ1n) is 24.7. The van der Waals surface area contributed by atoms with Crippen LogP contribution in [0.3, 0.4) is 0 Å². The third-order valence-electron chi connectivity index (χ3n) is 13.8. The number of nitrogens with zero attached hydrogens (tertiary/aromatic N) is 6. The molecule has 0 fully saturated rings. The molecule has 78 heavy (non-hydrogen) atoms. The van der Waals surface area contributed by atoms with Gasteiger partial charge in [-0.15, -0.1) is 0 Å². The van der Waals surface area contributed by atoms with Crippen molar-refractivity contribution in [3.8, 4) is 33.6 Å². The van der Waals surface area contributed by atoms with Crippen LogP contribution in [0.25, 0.3) is 44.5 Å². The molecule has 1 aliphatic carbocycles. The first-order valence-corrected chi connectivity index (χ1v) is 28.4. The second-order valence-corrected chi connectivity index (χ2v) is 23.5. The topological polar surface area (TPSA) is 347 Å². The number of amides is 5. The van der Waals surface area contributed by atoms with Crippen LogP contribution in [0.5, 0.6) is 0 Å². The van der Waals surface area contributed by atoms with Gasteiger partial charge in [0.25, 0.3) is 11.5 Å². The van der Waals surface area contributed by atoms with Crippen LogP contribution in [0.15, 0.2) is 76.3 Å². The van der Waals surface area contributed by atoms with Gasteiger partial charge in [0.05, 0.1) is 42.1 Å². The molecule has 3 aliphatic rings. The summed E-state index contributed by atoms with van der Waals surface area (Å²) in [6.07, 6.45) is 8.90. The lowest BCUT2D eigenvalue weighted by Gasteiger charge is -2.31. The van der Waals surface area contributed by atoms with E-state index in [0.29, 0.717) is 57.7 Å². The summed E-state index contributed by atoms with van der Waals surface area (Å²) < 4.78 is 54.7. The largest absolute Gasteiger partial charge is 0.458 e. The van der Waals surface area contributed by atoms with E-state index in [-0.39, 0.29) is 41.8 Å². The summed E-state index contributed by atoms with van der Waals surface area (Å²) in [5, 5.41) is 24.4. The van der Waals surface area contributed by atoms with Gasteiger partial charge in [-0.1, -0.05) is 20.8 Å². The number of aryl methyl sites for hydroxylation is 2. The Kier molecular flexibility index (Phi) is 14.6. The van der Waals surface area contributed by atoms with E-state index < -0.39 is 102 Å². The Morgan fingerprint density at radius 2 is 1.35 bits per heavy atom. The van der Waals surface area contributed by atoms with E-state index in [2.05, 4.69) is 46.5 Å². The molecule has 0 saturated heterocycles. The van der Waals surface area contributed by atoms with Crippen LogP contribution >= 0.6 is 0 Å². The summed E-state index contributed by atoms with van der Waals surface area (Å²) in [4.78, 5) is 114. The van der Waals surface area contributed by atoms with Gasteiger partial charge >= 0.3 is 5.97 Å². The van der Waals surface area contributed by atoms with Gasteiger partial charge in [-0.25, -0.2) is 46.6 Å². The van der Waals surface area contributed by atoms with Gasteiger partial charge in [0.15, 0.2) is 5.60 Å². The molecule has 6 N–H and O–H groups in total. The highest BCUT2D eigenvalue weighted by molar-refractivity contribution is 7.90. The maximum atomic E-state index is 13.8. The molecule has 2 aromatic carbocycles. The van der Waals surface area contributed by atoms with Gasteiger partial charge in [-0.2, -0.15) is 0 Å². The number of aromatic nitrogens is 6. The van der Waals surface area contributed by atoms with Crippen LogP contribution in [-0.2, 0) is 80.0 Å². The third kappa shape index (κ3) is 10.6. The zero-order chi connectivity index (χ0) is 56.2. The zero-order valence-electron chi connectivity index (χ0n) is 43.0. The lowest BCUT2D eigenvalue weighted by atomic mass is 9.85. The number of hydrogen-bond donors (Lipinski definition) is 6. The fraction of sp³-hybridized carbons (Fsp3) is 0.346. The number of pyridine rings is 2. The number of benzene rings is 2. The molecule has 6 aromatic rings. The maximum absolute atomic E-state index is 13.8. The second kappa shape index (κ2) is 20.9. The van der Waals surface area contributed by atoms with Crippen LogP contribution in [-0.4, -0.2) is 125 Å². The highest BCUT2D eigenvalue weighted by Crippen LogP contribution is 2.44. The number of rotatable bonds is 16. The molecule has 9 rings (SSSR count). The number of aliphatic hydroxyl groups is 1. The Morgan fingerprint density at radius 1 is 0.744 bits per heavy atom. The molecule has 5 amide bonds. The molecule has 26 heteroatoms. The van der Waals surface area contributed by atoms with Crippen LogP contribution in [0, 0.1) is 5.92 Å². The van der Waals surface area contributed by atoms with Crippen molar-refractivity contribution in [1.29, 1.82) is 0 Å². The minimum atomic E-state index is -3.73. The molecular formula is C52H53N11O13S2. The summed E-state index contributed by atoms with van der Waals surface area (Å²) in [7, 11) is -7.46. The predicted molar refractivity (Wildman–Crippen MR) is 280 cm³/mol. The normalized spacial score (nSPS) is 16.2. The van der Waals surface area contributed by atoms with Crippen molar-refractivity contribution in [1.82, 2.24) is 50.8 Å². The number of carbonyl (C=O) groups excluding carboxylic acids is 6. The number of anilines is 1. The van der Waals surface area contributed by atoms with Gasteiger partial charge in [-0.3, -0.25) is 28.8 Å². The van der Waals surface area contributed by atoms with Crippen LogP contribution < -0.4 is 32.1 Å². The first kappa shape index (κ1) is 54.4. The standard InChI is InChI=1S/C52H53N11O13S2/c1-7-52(71)36-16-39-44-34(23-63(39)48(69)35(36)24-76-49(52)70)32-9-8-10-33-37(11-12-38(60-44)42(32)33)61-45(66)26(4)59-47(68)43(25(2)3)62-41(65)22-53-40(64)21-54-46(67)29-14-27(30-17-55-50(56-18-30)77(5,72)73)13-28(15-29)31-19-57-51(58-20-31)78(6,74)75/h11-20,25-26,43,71H,7-10,21-24H2,1-6H3,(H,53,64)(H,54,67)(H,59,68)(H,61,66)(H,62,65)/t26-,43-,52-/m0/s1. The molecule has 3 atom stereocenters. The van der Waals surface area contributed by atoms with Crippen LogP contribution in [0.1, 0.15) is 78.7 Å². The molecule has 0 radical (unpaired) electrons. The zero-order valence-corrected chi connectivity index (χ0v) is 44.6. The first-order chi connectivity index (χ1) is 36.9. The Balaban J connectivity index is 0.819. The highest BCUT2D eigenvalue weighted by atomic mass is 32.2. The molecule has 0 saturated carbocycles. The number of cyclic esters (lactones) is 1. The van der Waals surface area contributed by atoms with Gasteiger partial charge in [0.1, 0.15) is 18.7 Å². The molecule has 24 nitrogen and oxygen atoms in total. The molecule has 406 valence electrons. The smallest absolute Gasteiger partial charge is 0.343 e. The highest BCUT2D eigenvalue weighted by Gasteiger charge is 2.46. The average molecular weight is 1100 g/mol. The SMILES string of the molecule is CC[C@@]1(O)C(=O)OCc2c1cc1n(c2=O)Cc2c-1nc1ccc(NC(=O)[C@H](C)NC(=O)[C@@H](NC(=O)CNC(=O)CNC(=O)c3cc(-c4cnc(S(C)(=O)=O)nc4)cc(-c4cnc(S(C)(=O)=O)nc4)c3)C(C)C)c3c1c2CCC3. The lowest BCUT2D eigenvalue weighted by Crippen LogP contribution is -2.55. The molecule has 0 bridgehead atoms. The number of hydrogen-bond acceptors (Lipinski definition) is 18. The predicted octanol–water partition coefficient (Wildman–Crippen LogP) is 1.42. The van der Waals surface area contributed by atoms with E-state index >= 15 is 0 Å². The van der Waals surface area contributed by atoms with Crippen molar-refractivity contribution in [2.75, 3.05) is 30.9 Å². The van der Waals surface area contributed by atoms with E-state index in [1.165, 1.54) is 43.8 Å². The van der Waals surface area contributed by atoms with E-state index in [1.54, 1.807) is 49.6 Å². The van der Waals surface area contributed by atoms with Gasteiger partial charge in [0, 0.05) is 76.2 Å². The number of sulfone groups is 2. The summed E-state index contributed by atoms with van der Waals surface area (Å²) in [6.45, 7) is 5.32. The van der Waals surface area contributed by atoms with Crippen LogP contribution in [0.4, 0.5) is 5.69 Å². The van der Waals surface area contributed by atoms with Crippen molar-refractivity contribution >= 4 is 71.8 Å². The molecular weight excluding hydrogens is 1050 g/mol. The summed E-state index contributed by atoms with van der Waals surface area (Å²) in [5.74, 6) is -4.72. The second-order valence-electron chi connectivity index (χ2n) is 19.7. The quantitative estimate of drug-likeness (QED) is 0.0589. The van der Waals surface area contributed by atoms with E-state index in [4.69, 9.17) is 9.72 Å². The average Bonchev–Trinajstić information content (AvgIpc) is 3.87. The number of fused-ring (bicyclic) bond motifs is 5. The molecule has 4 aromatic heterocycles. The number of nitrogens with one attached hydrogen (secondary N) is 5. The monoisotopic (exact) mass is 1100 g/mol. The summed E-state index contributed by atoms with van der Waals surface area (Å²) in [5.41, 5.74) is 4.33. The molecule has 2 aliphatic heterocycles. The number of ether oxygens (including phenoxy) is 1. The maximum Gasteiger partial charge on any atom is 0.343 e. The van der Waals surface area contributed by atoms with Crippen molar-refractivity contribution in [3.63, 3.8) is 0 Å². The fourth-order valence-electron chi connectivity index (χ4n) is 9.71. The van der Waals surface area contributed by atoms with Crippen molar-refractivity contribution in [2.24, 2.45) is 5.92 Å². The Hall–Kier alpha value is -8.36. The van der Waals surface area contributed by atoms with E-state index in [1.807, 2.05) is 0 Å². The van der Waals surface area contributed by atoms with E-state index in [0.717, 1.165) is 41.0 Å². The molecule has 0 unspecified atom stereocenters. The van der Waals surface area contributed by atoms with Crippen molar-refractivity contribution in [2.45, 2.75) is 94.5 Å². The molecule has 6 heterocycles. The third-order valence-corrected chi connectivity index (χ3v) is 15.6. The van der Waals surface area contributed by atoms with Gasteiger partial charge < -0.3 is 41.0 Å². The summed E-state index contributed by atoms with van der Waals surface area (Å²) >= 11 is 0. The Labute approximate surface area is 446 Å². The van der Waals surface area contributed by atoms with Gasteiger partial charge in [-0.05, 0) is 97.2 Å². The van der Waals surface area contributed by atoms with Crippen LogP contribution in [0.2, 0.25) is 0 Å². The Morgan fingerprint density at radius 3 is 1.94 bits per heavy atom. The fourth-order valence-corrected chi connectivity index (χ4v) is 10.7. The number of carbonyl (C=O) groups is 6.